The van der Waals surface area contributed by atoms with Gasteiger partial charge in [0.2, 0.25) is 0 Å². The second-order valence-electron chi connectivity index (χ2n) is 5.14. The van der Waals surface area contributed by atoms with E-state index in [4.69, 9.17) is 9.47 Å². The van der Waals surface area contributed by atoms with Crippen LogP contribution in [0.25, 0.3) is 0 Å². The zero-order chi connectivity index (χ0) is 12.5. The fourth-order valence-corrected chi connectivity index (χ4v) is 4.48. The average molecular weight is 263 g/mol. The molecule has 2 atom stereocenters. The minimum Gasteiger partial charge on any atom is -0.377 e. The van der Waals surface area contributed by atoms with Crippen LogP contribution in [0.15, 0.2) is 0 Å². The number of ether oxygens (including phenoxy) is 2. The Balaban J connectivity index is 2.07. The van der Waals surface area contributed by atoms with Crippen LogP contribution in [0.4, 0.5) is 0 Å². The van der Waals surface area contributed by atoms with Crippen molar-refractivity contribution in [3.8, 4) is 0 Å². The van der Waals surface area contributed by atoms with E-state index in [-0.39, 0.29) is 23.7 Å². The minimum absolute atomic E-state index is 0.0177. The number of nitrogens with one attached hydrogen (secondary N) is 1. The highest BCUT2D eigenvalue weighted by Gasteiger charge is 2.50. The van der Waals surface area contributed by atoms with E-state index >= 15 is 0 Å². The van der Waals surface area contributed by atoms with Gasteiger partial charge in [-0.15, -0.1) is 0 Å². The zero-order valence-corrected chi connectivity index (χ0v) is 11.3. The monoisotopic (exact) mass is 263 g/mol. The van der Waals surface area contributed by atoms with Gasteiger partial charge in [-0.05, 0) is 20.3 Å². The molecule has 5 nitrogen and oxygen atoms in total. The second kappa shape index (κ2) is 4.84. The lowest BCUT2D eigenvalue weighted by Gasteiger charge is -2.41. The molecule has 0 aromatic rings. The van der Waals surface area contributed by atoms with Gasteiger partial charge < -0.3 is 14.8 Å². The van der Waals surface area contributed by atoms with E-state index in [0.717, 1.165) is 6.54 Å². The van der Waals surface area contributed by atoms with E-state index in [1.54, 1.807) is 0 Å². The van der Waals surface area contributed by atoms with Gasteiger partial charge in [0.1, 0.15) is 5.60 Å². The molecule has 0 saturated carbocycles. The predicted octanol–water partition coefficient (Wildman–Crippen LogP) is -0.0429. The molecule has 0 aromatic heterocycles. The van der Waals surface area contributed by atoms with Gasteiger partial charge in [-0.1, -0.05) is 0 Å². The first-order valence-corrected chi connectivity index (χ1v) is 7.95. The summed E-state index contributed by atoms with van der Waals surface area (Å²) in [6, 6.07) is -0.0177. The quantitative estimate of drug-likeness (QED) is 0.774. The Hall–Kier alpha value is -0.170. The molecule has 2 aliphatic heterocycles. The molecule has 17 heavy (non-hydrogen) atoms. The van der Waals surface area contributed by atoms with Gasteiger partial charge in [0.15, 0.2) is 9.84 Å². The summed E-state index contributed by atoms with van der Waals surface area (Å²) >= 11 is 0. The van der Waals surface area contributed by atoms with E-state index in [0.29, 0.717) is 19.6 Å². The molecule has 0 bridgehead atoms. The van der Waals surface area contributed by atoms with Crippen LogP contribution in [-0.2, 0) is 19.3 Å². The fraction of sp³-hybridized carbons (Fsp3) is 1.00. The van der Waals surface area contributed by atoms with E-state index in [1.807, 2.05) is 13.8 Å². The molecular formula is C11H21NO4S. The maximum Gasteiger partial charge on any atom is 0.153 e. The molecule has 2 saturated heterocycles. The molecule has 0 aromatic carbocycles. The summed E-state index contributed by atoms with van der Waals surface area (Å²) < 4.78 is 34.7. The summed E-state index contributed by atoms with van der Waals surface area (Å²) in [5.74, 6) is 0.353. The van der Waals surface area contributed by atoms with Crippen LogP contribution in [0, 0.1) is 0 Å². The Labute approximate surface area is 103 Å². The highest BCUT2D eigenvalue weighted by atomic mass is 32.2. The molecule has 2 rings (SSSR count). The van der Waals surface area contributed by atoms with Crippen molar-refractivity contribution in [1.82, 2.24) is 5.32 Å². The molecule has 0 amide bonds. The van der Waals surface area contributed by atoms with Crippen molar-refractivity contribution in [1.29, 1.82) is 0 Å². The van der Waals surface area contributed by atoms with Crippen molar-refractivity contribution in [3.05, 3.63) is 0 Å². The van der Waals surface area contributed by atoms with Crippen molar-refractivity contribution in [3.63, 3.8) is 0 Å². The summed E-state index contributed by atoms with van der Waals surface area (Å²) in [5.41, 5.74) is -0.564. The predicted molar refractivity (Wildman–Crippen MR) is 64.8 cm³/mol. The molecule has 0 radical (unpaired) electrons. The van der Waals surface area contributed by atoms with Crippen molar-refractivity contribution < 1.29 is 17.9 Å². The van der Waals surface area contributed by atoms with Gasteiger partial charge in [0.25, 0.3) is 0 Å². The molecule has 1 N–H and O–H groups in total. The maximum absolute atomic E-state index is 11.6. The van der Waals surface area contributed by atoms with Crippen LogP contribution < -0.4 is 5.32 Å². The van der Waals surface area contributed by atoms with Gasteiger partial charge >= 0.3 is 0 Å². The largest absolute Gasteiger partial charge is 0.377 e. The van der Waals surface area contributed by atoms with Crippen molar-refractivity contribution in [2.75, 3.05) is 31.3 Å². The Morgan fingerprint density at radius 2 is 2.29 bits per heavy atom. The smallest absolute Gasteiger partial charge is 0.153 e. The molecule has 2 heterocycles. The van der Waals surface area contributed by atoms with E-state index in [2.05, 4.69) is 5.32 Å². The van der Waals surface area contributed by atoms with Crippen LogP contribution in [0.3, 0.4) is 0 Å². The third-order valence-corrected chi connectivity index (χ3v) is 5.17. The van der Waals surface area contributed by atoms with Gasteiger partial charge in [0.05, 0.1) is 36.9 Å². The Morgan fingerprint density at radius 1 is 1.53 bits per heavy atom. The first kappa shape index (κ1) is 13.3. The standard InChI is InChI=1S/C11H21NO4S/c1-9(2)15-7-10-11(16-5-4-12-10)3-6-17(13,14)8-11/h9-10,12H,3-8H2,1-2H3. The highest BCUT2D eigenvalue weighted by molar-refractivity contribution is 7.91. The van der Waals surface area contributed by atoms with Crippen LogP contribution in [0.1, 0.15) is 20.3 Å². The summed E-state index contributed by atoms with van der Waals surface area (Å²) in [5, 5.41) is 3.33. The Morgan fingerprint density at radius 3 is 2.88 bits per heavy atom. The van der Waals surface area contributed by atoms with Crippen LogP contribution in [-0.4, -0.2) is 57.4 Å². The van der Waals surface area contributed by atoms with Crippen molar-refractivity contribution in [2.45, 2.75) is 38.0 Å². The zero-order valence-electron chi connectivity index (χ0n) is 10.4. The van der Waals surface area contributed by atoms with Crippen molar-refractivity contribution >= 4 is 9.84 Å². The van der Waals surface area contributed by atoms with E-state index in [9.17, 15) is 8.42 Å². The molecule has 2 aliphatic rings. The highest BCUT2D eigenvalue weighted by Crippen LogP contribution is 2.32. The molecular weight excluding hydrogens is 242 g/mol. The topological polar surface area (TPSA) is 64.6 Å². The van der Waals surface area contributed by atoms with Crippen LogP contribution in [0.5, 0.6) is 0 Å². The maximum atomic E-state index is 11.6. The van der Waals surface area contributed by atoms with Gasteiger partial charge in [-0.3, -0.25) is 0 Å². The Bertz CT molecular complexity index is 368. The van der Waals surface area contributed by atoms with Crippen LogP contribution in [0.2, 0.25) is 0 Å². The molecule has 2 unspecified atom stereocenters. The summed E-state index contributed by atoms with van der Waals surface area (Å²) in [6.45, 7) is 5.79. The number of rotatable bonds is 3. The lowest BCUT2D eigenvalue weighted by Crippen LogP contribution is -2.60. The third kappa shape index (κ3) is 2.99. The lowest BCUT2D eigenvalue weighted by atomic mass is 9.92. The summed E-state index contributed by atoms with van der Waals surface area (Å²) in [7, 11) is -2.95. The number of morpholine rings is 1. The molecule has 100 valence electrons. The van der Waals surface area contributed by atoms with E-state index < -0.39 is 15.4 Å². The molecule has 2 fully saturated rings. The van der Waals surface area contributed by atoms with Crippen molar-refractivity contribution in [2.24, 2.45) is 0 Å². The molecule has 0 aliphatic carbocycles. The first-order valence-electron chi connectivity index (χ1n) is 6.13. The second-order valence-corrected chi connectivity index (χ2v) is 7.33. The van der Waals surface area contributed by atoms with E-state index in [1.165, 1.54) is 0 Å². The molecule has 1 spiro atoms. The lowest BCUT2D eigenvalue weighted by molar-refractivity contribution is -0.102. The van der Waals surface area contributed by atoms with Gasteiger partial charge in [0, 0.05) is 6.54 Å². The third-order valence-electron chi connectivity index (χ3n) is 3.41. The first-order chi connectivity index (χ1) is 7.94. The van der Waals surface area contributed by atoms with Gasteiger partial charge in [-0.2, -0.15) is 0 Å². The summed E-state index contributed by atoms with van der Waals surface area (Å²) in [4.78, 5) is 0. The number of hydrogen-bond donors (Lipinski definition) is 1. The van der Waals surface area contributed by atoms with Gasteiger partial charge in [-0.25, -0.2) is 8.42 Å². The number of sulfone groups is 1. The fourth-order valence-electron chi connectivity index (χ4n) is 2.51. The average Bonchev–Trinajstić information content (AvgIpc) is 2.54. The SMILES string of the molecule is CC(C)OCC1NCCOC12CCS(=O)(=O)C2. The summed E-state index contributed by atoms with van der Waals surface area (Å²) in [6.07, 6.45) is 0.725. The minimum atomic E-state index is -2.95. The normalized spacial score (nSPS) is 36.8. The van der Waals surface area contributed by atoms with Crippen LogP contribution >= 0.6 is 0 Å². The number of hydrogen-bond acceptors (Lipinski definition) is 5. The molecule has 6 heteroatoms. The Kier molecular flexibility index (Phi) is 3.77.